The lowest BCUT2D eigenvalue weighted by atomic mass is 9.89. The zero-order valence-corrected chi connectivity index (χ0v) is 22.0. The summed E-state index contributed by atoms with van der Waals surface area (Å²) in [5.41, 5.74) is 4.15. The molecule has 2 unspecified atom stereocenters. The zero-order chi connectivity index (χ0) is 24.6. The van der Waals surface area contributed by atoms with Crippen molar-refractivity contribution in [2.45, 2.75) is 72.4 Å². The maximum absolute atomic E-state index is 13.9. The predicted octanol–water partition coefficient (Wildman–Crippen LogP) is 4.97. The minimum absolute atomic E-state index is 0.0870. The van der Waals surface area contributed by atoms with Crippen LogP contribution in [0.4, 0.5) is 5.69 Å². The highest BCUT2D eigenvalue weighted by Crippen LogP contribution is 2.36. The van der Waals surface area contributed by atoms with E-state index >= 15 is 0 Å². The van der Waals surface area contributed by atoms with Gasteiger partial charge in [0.1, 0.15) is 16.7 Å². The zero-order valence-electron chi connectivity index (χ0n) is 21.2. The molecule has 0 spiro atoms. The molecule has 2 aromatic heterocycles. The third kappa shape index (κ3) is 4.56. The van der Waals surface area contributed by atoms with Crippen molar-refractivity contribution in [2.75, 3.05) is 19.4 Å². The van der Waals surface area contributed by atoms with Crippen molar-refractivity contribution in [3.8, 4) is 0 Å². The van der Waals surface area contributed by atoms with Gasteiger partial charge in [0.25, 0.3) is 5.56 Å². The molecule has 3 aromatic rings. The second-order valence-corrected chi connectivity index (χ2v) is 10.9. The molecule has 0 fully saturated rings. The average Bonchev–Trinajstić information content (AvgIpc) is 3.15. The molecular weight excluding hydrogens is 444 g/mol. The van der Waals surface area contributed by atoms with Gasteiger partial charge in [0.15, 0.2) is 0 Å². The molecule has 34 heavy (non-hydrogen) atoms. The first-order valence-electron chi connectivity index (χ1n) is 12.4. The Hall–Kier alpha value is -2.51. The molecular formula is C27H36N4O2S. The van der Waals surface area contributed by atoms with Gasteiger partial charge in [0.05, 0.1) is 11.9 Å². The fraction of sp³-hybridized carbons (Fsp3) is 0.519. The summed E-state index contributed by atoms with van der Waals surface area (Å²) in [5, 5.41) is 3.88. The summed E-state index contributed by atoms with van der Waals surface area (Å²) in [6.45, 7) is 8.75. The maximum Gasteiger partial charge on any atom is 0.263 e. The molecule has 1 amide bonds. The Bertz CT molecular complexity index is 1250. The van der Waals surface area contributed by atoms with E-state index in [1.807, 2.05) is 32.0 Å². The number of fused-ring (bicyclic) bond motifs is 3. The lowest BCUT2D eigenvalue weighted by molar-refractivity contribution is -0.119. The number of nitrogens with one attached hydrogen (secondary N) is 1. The van der Waals surface area contributed by atoms with Gasteiger partial charge in [-0.1, -0.05) is 39.0 Å². The number of rotatable bonds is 7. The van der Waals surface area contributed by atoms with E-state index in [9.17, 15) is 9.59 Å². The largest absolute Gasteiger partial charge is 0.324 e. The molecule has 0 aliphatic heterocycles. The van der Waals surface area contributed by atoms with Crippen LogP contribution in [0.15, 0.2) is 23.0 Å². The minimum Gasteiger partial charge on any atom is -0.324 e. The highest BCUT2D eigenvalue weighted by atomic mass is 32.1. The van der Waals surface area contributed by atoms with E-state index in [1.54, 1.807) is 15.9 Å². The third-order valence-corrected chi connectivity index (χ3v) is 8.05. The molecule has 4 rings (SSSR count). The van der Waals surface area contributed by atoms with Crippen LogP contribution >= 0.6 is 11.3 Å². The van der Waals surface area contributed by atoms with Gasteiger partial charge in [-0.05, 0) is 75.7 Å². The molecule has 7 heteroatoms. The second kappa shape index (κ2) is 10.0. The Balaban J connectivity index is 1.80. The maximum atomic E-state index is 13.9. The van der Waals surface area contributed by atoms with Gasteiger partial charge >= 0.3 is 0 Å². The fourth-order valence-corrected chi connectivity index (χ4v) is 6.38. The Morgan fingerprint density at radius 3 is 2.56 bits per heavy atom. The number of hydrogen-bond donors (Lipinski definition) is 1. The molecule has 0 saturated heterocycles. The number of aryl methyl sites for hydroxylation is 3. The van der Waals surface area contributed by atoms with E-state index in [0.717, 1.165) is 64.7 Å². The van der Waals surface area contributed by atoms with Gasteiger partial charge in [-0.2, -0.15) is 0 Å². The number of thiophene rings is 1. The van der Waals surface area contributed by atoms with E-state index < -0.39 is 6.04 Å². The van der Waals surface area contributed by atoms with E-state index in [0.29, 0.717) is 18.3 Å². The Kier molecular flexibility index (Phi) is 7.24. The molecule has 6 nitrogen and oxygen atoms in total. The summed E-state index contributed by atoms with van der Waals surface area (Å²) in [6.07, 6.45) is 4.65. The number of amides is 1. The molecule has 1 aliphatic rings. The van der Waals surface area contributed by atoms with Crippen LogP contribution in [0.3, 0.4) is 0 Å². The van der Waals surface area contributed by atoms with Gasteiger partial charge in [0, 0.05) is 10.6 Å². The number of carbonyl (C=O) groups is 1. The first-order valence-corrected chi connectivity index (χ1v) is 13.2. The number of carbonyl (C=O) groups excluding carboxylic acids is 1. The molecule has 1 aromatic carbocycles. The summed E-state index contributed by atoms with van der Waals surface area (Å²) in [5.74, 6) is 1.08. The lowest BCUT2D eigenvalue weighted by Gasteiger charge is -2.22. The molecule has 0 saturated carbocycles. The third-order valence-electron chi connectivity index (χ3n) is 6.91. The smallest absolute Gasteiger partial charge is 0.263 e. The number of hydrogen-bond acceptors (Lipinski definition) is 5. The molecule has 0 bridgehead atoms. The highest BCUT2D eigenvalue weighted by molar-refractivity contribution is 7.18. The number of anilines is 1. The van der Waals surface area contributed by atoms with Crippen LogP contribution in [-0.4, -0.2) is 34.5 Å². The lowest BCUT2D eigenvalue weighted by Crippen LogP contribution is -2.36. The summed E-state index contributed by atoms with van der Waals surface area (Å²) in [4.78, 5) is 36.5. The van der Waals surface area contributed by atoms with Crippen LogP contribution < -0.4 is 10.9 Å². The monoisotopic (exact) mass is 480 g/mol. The Labute approximate surface area is 206 Å². The van der Waals surface area contributed by atoms with Crippen LogP contribution in [0.1, 0.15) is 67.5 Å². The van der Waals surface area contributed by atoms with Gasteiger partial charge in [0.2, 0.25) is 5.91 Å². The number of para-hydroxylation sites is 1. The molecule has 2 heterocycles. The van der Waals surface area contributed by atoms with Crippen LogP contribution in [0.2, 0.25) is 0 Å². The highest BCUT2D eigenvalue weighted by Gasteiger charge is 2.28. The van der Waals surface area contributed by atoms with Crippen LogP contribution in [0.25, 0.3) is 10.2 Å². The molecule has 1 aliphatic carbocycles. The summed E-state index contributed by atoms with van der Waals surface area (Å²) < 4.78 is 1.63. The van der Waals surface area contributed by atoms with Crippen molar-refractivity contribution >= 4 is 33.1 Å². The van der Waals surface area contributed by atoms with Crippen molar-refractivity contribution < 1.29 is 4.79 Å². The quantitative estimate of drug-likeness (QED) is 0.519. The van der Waals surface area contributed by atoms with E-state index in [1.165, 1.54) is 4.88 Å². The number of benzene rings is 1. The molecule has 1 N–H and O–H groups in total. The van der Waals surface area contributed by atoms with Crippen LogP contribution in [0.5, 0.6) is 0 Å². The first kappa shape index (κ1) is 24.6. The summed E-state index contributed by atoms with van der Waals surface area (Å²) in [6, 6.07) is 5.46. The SMILES string of the molecule is CCc1cccc(CC)c1NC(=O)C(C)n1c(CN(C)C)nc2sc3c(c2c1=O)CCC(C)C3. The van der Waals surface area contributed by atoms with E-state index in [2.05, 4.69) is 38.2 Å². The Morgan fingerprint density at radius 2 is 1.94 bits per heavy atom. The number of nitrogens with zero attached hydrogens (tertiary/aromatic N) is 3. The normalized spacial score (nSPS) is 16.6. The average molecular weight is 481 g/mol. The second-order valence-electron chi connectivity index (χ2n) is 9.80. The topological polar surface area (TPSA) is 67.2 Å². The van der Waals surface area contributed by atoms with Crippen LogP contribution in [-0.2, 0) is 37.0 Å². The standard InChI is InChI=1S/C27H36N4O2S/c1-7-18-10-9-11-19(8-2)24(18)29-25(32)17(4)31-22(15-30(5)6)28-26-23(27(31)33)20-13-12-16(3)14-21(20)34-26/h9-11,16-17H,7-8,12-15H2,1-6H3,(H,29,32). The van der Waals surface area contributed by atoms with Gasteiger partial charge in [-0.15, -0.1) is 11.3 Å². The van der Waals surface area contributed by atoms with Gasteiger partial charge in [-0.3, -0.25) is 14.2 Å². The van der Waals surface area contributed by atoms with E-state index in [-0.39, 0.29) is 11.5 Å². The van der Waals surface area contributed by atoms with E-state index in [4.69, 9.17) is 4.98 Å². The van der Waals surface area contributed by atoms with Crippen molar-refractivity contribution in [3.63, 3.8) is 0 Å². The summed E-state index contributed by atoms with van der Waals surface area (Å²) >= 11 is 1.66. The molecule has 182 valence electrons. The number of aromatic nitrogens is 2. The molecule has 2 atom stereocenters. The van der Waals surface area contributed by atoms with Crippen molar-refractivity contribution in [3.05, 3.63) is 55.9 Å². The van der Waals surface area contributed by atoms with Crippen molar-refractivity contribution in [1.29, 1.82) is 0 Å². The van der Waals surface area contributed by atoms with Gasteiger partial charge < -0.3 is 10.2 Å². The Morgan fingerprint density at radius 1 is 1.26 bits per heavy atom. The van der Waals surface area contributed by atoms with Crippen molar-refractivity contribution in [1.82, 2.24) is 14.5 Å². The minimum atomic E-state index is -0.674. The first-order chi connectivity index (χ1) is 16.2. The van der Waals surface area contributed by atoms with Crippen molar-refractivity contribution in [2.24, 2.45) is 5.92 Å². The summed E-state index contributed by atoms with van der Waals surface area (Å²) in [7, 11) is 3.91. The van der Waals surface area contributed by atoms with Gasteiger partial charge in [-0.25, -0.2) is 4.98 Å². The van der Waals surface area contributed by atoms with Crippen LogP contribution in [0, 0.1) is 5.92 Å². The fourth-order valence-electron chi connectivity index (χ4n) is 4.99. The molecule has 0 radical (unpaired) electrons. The predicted molar refractivity (Wildman–Crippen MR) is 141 cm³/mol.